The molecule has 156 valence electrons. The van der Waals surface area contributed by atoms with Crippen LogP contribution in [0.3, 0.4) is 0 Å². The number of nitrogens with one attached hydrogen (secondary N) is 3. The Labute approximate surface area is 180 Å². The number of ketones is 1. The van der Waals surface area contributed by atoms with Crippen LogP contribution in [-0.4, -0.2) is 20.7 Å². The minimum absolute atomic E-state index is 0.0603. The number of carbonyl (C=O) groups excluding carboxylic acids is 1. The molecule has 10 heteroatoms. The Balaban J connectivity index is 1.71. The molecule has 0 saturated heterocycles. The maximum atomic E-state index is 12.8. The molecule has 1 unspecified atom stereocenters. The Morgan fingerprint density at radius 1 is 1.10 bits per heavy atom. The number of furan rings is 1. The molecule has 0 saturated carbocycles. The van der Waals surface area contributed by atoms with E-state index in [2.05, 4.69) is 15.3 Å². The fourth-order valence-electron chi connectivity index (χ4n) is 4.27. The smallest absolute Gasteiger partial charge is 0.280 e. The van der Waals surface area contributed by atoms with Crippen LogP contribution in [0.5, 0.6) is 0 Å². The summed E-state index contributed by atoms with van der Waals surface area (Å²) < 4.78 is 6.20. The summed E-state index contributed by atoms with van der Waals surface area (Å²) in [7, 11) is 0. The molecule has 2 aromatic heterocycles. The molecule has 1 aliphatic carbocycles. The minimum atomic E-state index is -0.744. The van der Waals surface area contributed by atoms with E-state index in [1.54, 1.807) is 30.3 Å². The SMILES string of the molecule is O=C1CCCC2=C1C(c1ccc(-c3ccccc3[N+](=O)[O-])o1)c1c([nH]c(=S)[nH]c1=O)N2. The van der Waals surface area contributed by atoms with Crippen LogP contribution in [-0.2, 0) is 4.79 Å². The molecule has 3 aromatic rings. The van der Waals surface area contributed by atoms with Crippen LogP contribution in [0.15, 0.2) is 56.9 Å². The van der Waals surface area contributed by atoms with Gasteiger partial charge in [-0.15, -0.1) is 0 Å². The second-order valence-electron chi connectivity index (χ2n) is 7.40. The first-order chi connectivity index (χ1) is 14.9. The largest absolute Gasteiger partial charge is 0.460 e. The number of H-pyrrole nitrogens is 2. The molecule has 0 amide bonds. The molecule has 3 N–H and O–H groups in total. The highest BCUT2D eigenvalue weighted by molar-refractivity contribution is 7.71. The number of hydrogen-bond acceptors (Lipinski definition) is 7. The summed E-state index contributed by atoms with van der Waals surface area (Å²) in [5.41, 5.74) is 1.31. The van der Waals surface area contributed by atoms with Gasteiger partial charge in [-0.25, -0.2) is 0 Å². The van der Waals surface area contributed by atoms with Gasteiger partial charge in [0.1, 0.15) is 17.3 Å². The number of carbonyl (C=O) groups is 1. The van der Waals surface area contributed by atoms with E-state index in [1.165, 1.54) is 6.07 Å². The predicted molar refractivity (Wildman–Crippen MR) is 114 cm³/mol. The number of benzene rings is 1. The fourth-order valence-corrected chi connectivity index (χ4v) is 4.47. The molecule has 9 nitrogen and oxygen atoms in total. The molecule has 3 heterocycles. The highest BCUT2D eigenvalue weighted by atomic mass is 32.1. The van der Waals surface area contributed by atoms with Crippen LogP contribution < -0.4 is 10.9 Å². The molecular formula is C21H16N4O5S. The lowest BCUT2D eigenvalue weighted by Crippen LogP contribution is -2.32. The van der Waals surface area contributed by atoms with Crippen LogP contribution in [0.1, 0.15) is 36.5 Å². The molecule has 0 bridgehead atoms. The maximum Gasteiger partial charge on any atom is 0.280 e. The summed E-state index contributed by atoms with van der Waals surface area (Å²) in [6, 6.07) is 9.52. The van der Waals surface area contributed by atoms with Crippen LogP contribution in [0.2, 0.25) is 0 Å². The summed E-state index contributed by atoms with van der Waals surface area (Å²) in [5, 5.41) is 14.6. The van der Waals surface area contributed by atoms with Crippen LogP contribution in [0.4, 0.5) is 11.5 Å². The van der Waals surface area contributed by atoms with Gasteiger partial charge in [-0.1, -0.05) is 12.1 Å². The van der Waals surface area contributed by atoms with Crippen LogP contribution in [0.25, 0.3) is 11.3 Å². The van der Waals surface area contributed by atoms with Gasteiger partial charge in [0.25, 0.3) is 11.2 Å². The average Bonchev–Trinajstić information content (AvgIpc) is 3.22. The number of nitro benzene ring substituents is 1. The minimum Gasteiger partial charge on any atom is -0.460 e. The third-order valence-corrected chi connectivity index (χ3v) is 5.77. The van der Waals surface area contributed by atoms with E-state index in [-0.39, 0.29) is 22.0 Å². The van der Waals surface area contributed by atoms with Crippen molar-refractivity contribution in [2.75, 3.05) is 5.32 Å². The summed E-state index contributed by atoms with van der Waals surface area (Å²) in [4.78, 5) is 42.1. The van der Waals surface area contributed by atoms with Gasteiger partial charge in [0.15, 0.2) is 10.6 Å². The van der Waals surface area contributed by atoms with E-state index in [4.69, 9.17) is 16.6 Å². The number of nitro groups is 1. The van der Waals surface area contributed by atoms with Gasteiger partial charge >= 0.3 is 0 Å². The number of nitrogens with zero attached hydrogens (tertiary/aromatic N) is 1. The van der Waals surface area contributed by atoms with Gasteiger partial charge in [-0.3, -0.25) is 24.7 Å². The van der Waals surface area contributed by atoms with E-state index in [0.29, 0.717) is 47.5 Å². The lowest BCUT2D eigenvalue weighted by molar-refractivity contribution is -0.384. The van der Waals surface area contributed by atoms with Crippen molar-refractivity contribution in [2.45, 2.75) is 25.2 Å². The van der Waals surface area contributed by atoms with Gasteiger partial charge in [0.05, 0.1) is 22.0 Å². The fraction of sp³-hybridized carbons (Fsp3) is 0.190. The third kappa shape index (κ3) is 3.12. The van der Waals surface area contributed by atoms with Crippen molar-refractivity contribution in [3.8, 4) is 11.3 Å². The Morgan fingerprint density at radius 3 is 2.71 bits per heavy atom. The second-order valence-corrected chi connectivity index (χ2v) is 7.81. The summed E-state index contributed by atoms with van der Waals surface area (Å²) >= 11 is 5.10. The molecule has 0 radical (unpaired) electrons. The number of hydrogen-bond donors (Lipinski definition) is 3. The highest BCUT2D eigenvalue weighted by Crippen LogP contribution is 2.44. The van der Waals surface area contributed by atoms with Gasteiger partial charge in [0, 0.05) is 23.8 Å². The summed E-state index contributed by atoms with van der Waals surface area (Å²) in [5.74, 6) is 0.264. The zero-order valence-corrected chi connectivity index (χ0v) is 16.9. The molecule has 1 aromatic carbocycles. The summed E-state index contributed by atoms with van der Waals surface area (Å²) in [6.07, 6.45) is 1.74. The van der Waals surface area contributed by atoms with Gasteiger partial charge in [-0.2, -0.15) is 0 Å². The molecule has 5 rings (SSSR count). The van der Waals surface area contributed by atoms with Crippen LogP contribution >= 0.6 is 12.2 Å². The number of rotatable bonds is 3. The highest BCUT2D eigenvalue weighted by Gasteiger charge is 2.39. The van der Waals surface area contributed by atoms with Crippen LogP contribution in [0, 0.1) is 14.9 Å². The van der Waals surface area contributed by atoms with Crippen molar-refractivity contribution in [3.05, 3.63) is 84.2 Å². The first-order valence-corrected chi connectivity index (χ1v) is 10.1. The molecule has 1 atom stereocenters. The van der Waals surface area contributed by atoms with E-state index in [0.717, 1.165) is 5.70 Å². The number of aromatic amines is 2. The van der Waals surface area contributed by atoms with E-state index >= 15 is 0 Å². The number of fused-ring (bicyclic) bond motifs is 1. The van der Waals surface area contributed by atoms with E-state index in [9.17, 15) is 19.7 Å². The molecule has 1 aliphatic heterocycles. The first-order valence-electron chi connectivity index (χ1n) is 9.67. The van der Waals surface area contributed by atoms with Crippen molar-refractivity contribution in [2.24, 2.45) is 0 Å². The Morgan fingerprint density at radius 2 is 1.90 bits per heavy atom. The number of para-hydroxylation sites is 1. The number of Topliss-reactive ketones (excluding diaryl/α,β-unsaturated/α-hetero) is 1. The predicted octanol–water partition coefficient (Wildman–Crippen LogP) is 4.17. The molecule has 0 fully saturated rings. The van der Waals surface area contributed by atoms with Gasteiger partial charge in [0.2, 0.25) is 0 Å². The normalized spacial score (nSPS) is 17.7. The molecule has 0 spiro atoms. The number of anilines is 1. The number of allylic oxidation sites excluding steroid dienone is 2. The molecular weight excluding hydrogens is 420 g/mol. The zero-order valence-electron chi connectivity index (χ0n) is 16.1. The molecule has 31 heavy (non-hydrogen) atoms. The third-order valence-electron chi connectivity index (χ3n) is 5.57. The van der Waals surface area contributed by atoms with Crippen molar-refractivity contribution >= 4 is 29.5 Å². The zero-order chi connectivity index (χ0) is 21.7. The van der Waals surface area contributed by atoms with Crippen molar-refractivity contribution in [3.63, 3.8) is 0 Å². The number of aromatic nitrogens is 2. The monoisotopic (exact) mass is 436 g/mol. The lowest BCUT2D eigenvalue weighted by Gasteiger charge is -2.31. The topological polar surface area (TPSA) is 134 Å². The lowest BCUT2D eigenvalue weighted by atomic mass is 9.79. The standard InChI is InChI=1S/C21H16N4O5S/c26-13-7-3-5-11-16(13)17(18-19(22-11)23-21(31)24-20(18)27)15-9-8-14(30-15)10-4-1-2-6-12(10)25(28)29/h1-2,4,6,8-9,17H,3,5,7H2,(H3,22,23,24,27,31). The van der Waals surface area contributed by atoms with Crippen molar-refractivity contribution in [1.82, 2.24) is 9.97 Å². The van der Waals surface area contributed by atoms with Crippen molar-refractivity contribution in [1.29, 1.82) is 0 Å². The van der Waals surface area contributed by atoms with Gasteiger partial charge in [-0.05, 0) is 43.3 Å². The average molecular weight is 436 g/mol. The van der Waals surface area contributed by atoms with Gasteiger partial charge < -0.3 is 14.7 Å². The Bertz CT molecular complexity index is 1400. The van der Waals surface area contributed by atoms with E-state index in [1.807, 2.05) is 0 Å². The maximum absolute atomic E-state index is 12.8. The Hall–Kier alpha value is -3.79. The van der Waals surface area contributed by atoms with Crippen molar-refractivity contribution < 1.29 is 14.1 Å². The summed E-state index contributed by atoms with van der Waals surface area (Å²) in [6.45, 7) is 0. The quantitative estimate of drug-likeness (QED) is 0.319. The Kier molecular flexibility index (Phi) is 4.44. The first kappa shape index (κ1) is 19.2. The van der Waals surface area contributed by atoms with E-state index < -0.39 is 16.4 Å². The second kappa shape index (κ2) is 7.17. The molecule has 2 aliphatic rings.